The second-order valence-electron chi connectivity index (χ2n) is 7.45. The average molecular weight is 451 g/mol. The molecule has 0 spiro atoms. The van der Waals surface area contributed by atoms with Crippen LogP contribution in [0.4, 0.5) is 5.69 Å². The lowest BCUT2D eigenvalue weighted by molar-refractivity contribution is -0.145. The minimum absolute atomic E-state index is 0.169. The monoisotopic (exact) mass is 450 g/mol. The number of carbonyl (C=O) groups excluding carboxylic acids is 1. The van der Waals surface area contributed by atoms with E-state index in [1.165, 1.54) is 16.7 Å². The van der Waals surface area contributed by atoms with Crippen LogP contribution in [0.5, 0.6) is 0 Å². The summed E-state index contributed by atoms with van der Waals surface area (Å²) in [5.41, 5.74) is 7.83. The molecule has 5 nitrogen and oxygen atoms in total. The fourth-order valence-electron chi connectivity index (χ4n) is 3.45. The second-order valence-corrected chi connectivity index (χ2v) is 8.70. The Balaban J connectivity index is 0.00000141. The molecular weight excluding hydrogens is 420 g/mol. The van der Waals surface area contributed by atoms with E-state index < -0.39 is 0 Å². The van der Waals surface area contributed by atoms with Crippen molar-refractivity contribution in [1.82, 2.24) is 4.31 Å². The van der Waals surface area contributed by atoms with Gasteiger partial charge in [0, 0.05) is 24.5 Å². The van der Waals surface area contributed by atoms with Crippen LogP contribution in [0.3, 0.4) is 0 Å². The highest BCUT2D eigenvalue weighted by atomic mass is 32.2. The van der Waals surface area contributed by atoms with Gasteiger partial charge in [-0.15, -0.1) is 0 Å². The number of hydrogen-bond donors (Lipinski definition) is 1. The van der Waals surface area contributed by atoms with Gasteiger partial charge in [0.1, 0.15) is 6.79 Å². The molecule has 1 aliphatic rings. The average Bonchev–Trinajstić information content (AvgIpc) is 2.86. The molecule has 3 aromatic rings. The van der Waals surface area contributed by atoms with E-state index in [4.69, 9.17) is 14.4 Å². The molecule has 168 valence electrons. The Bertz CT molecular complexity index is 931. The number of benzene rings is 3. The Labute approximate surface area is 194 Å². The minimum atomic E-state index is -0.169. The van der Waals surface area contributed by atoms with E-state index >= 15 is 0 Å². The van der Waals surface area contributed by atoms with Crippen LogP contribution in [0, 0.1) is 0 Å². The van der Waals surface area contributed by atoms with Gasteiger partial charge in [-0.25, -0.2) is 9.14 Å². The second kappa shape index (κ2) is 13.0. The van der Waals surface area contributed by atoms with Gasteiger partial charge in [-0.1, -0.05) is 66.7 Å². The fourth-order valence-corrected chi connectivity index (χ4v) is 4.35. The third-order valence-corrected chi connectivity index (χ3v) is 6.04. The highest BCUT2D eigenvalue weighted by Gasteiger charge is 2.15. The molecule has 1 unspecified atom stereocenters. The van der Waals surface area contributed by atoms with Crippen molar-refractivity contribution in [3.63, 3.8) is 0 Å². The van der Waals surface area contributed by atoms with E-state index in [9.17, 15) is 0 Å². The van der Waals surface area contributed by atoms with Gasteiger partial charge < -0.3 is 9.53 Å². The summed E-state index contributed by atoms with van der Waals surface area (Å²) in [7, 11) is 2.11. The van der Waals surface area contributed by atoms with Gasteiger partial charge in [0.2, 0.25) is 0 Å². The van der Waals surface area contributed by atoms with Crippen molar-refractivity contribution in [2.45, 2.75) is 37.0 Å². The third-order valence-electron chi connectivity index (χ3n) is 5.05. The highest BCUT2D eigenvalue weighted by Crippen LogP contribution is 2.31. The Kier molecular flexibility index (Phi) is 9.78. The molecule has 0 aromatic heterocycles. The van der Waals surface area contributed by atoms with Gasteiger partial charge in [-0.3, -0.25) is 5.48 Å². The fraction of sp³-hybridized carbons (Fsp3) is 0.269. The topological polar surface area (TPSA) is 50.8 Å². The molecule has 1 fully saturated rings. The summed E-state index contributed by atoms with van der Waals surface area (Å²) in [5, 5.41) is 0. The van der Waals surface area contributed by atoms with Crippen LogP contribution in [0.1, 0.15) is 24.8 Å². The molecule has 32 heavy (non-hydrogen) atoms. The van der Waals surface area contributed by atoms with Crippen molar-refractivity contribution in [3.8, 4) is 11.1 Å². The number of hydrogen-bond acceptors (Lipinski definition) is 6. The van der Waals surface area contributed by atoms with Crippen molar-refractivity contribution in [2.24, 2.45) is 0 Å². The maximum absolute atomic E-state index is 8.00. The van der Waals surface area contributed by atoms with E-state index in [2.05, 4.69) is 71.4 Å². The first-order chi connectivity index (χ1) is 15.8. The first-order valence-corrected chi connectivity index (χ1v) is 11.5. The molecule has 0 amide bonds. The van der Waals surface area contributed by atoms with Crippen molar-refractivity contribution in [1.29, 1.82) is 0 Å². The quantitative estimate of drug-likeness (QED) is 0.327. The molecule has 1 N–H and O–H groups in total. The molecule has 0 saturated carbocycles. The summed E-state index contributed by atoms with van der Waals surface area (Å²) in [4.78, 5) is 14.9. The van der Waals surface area contributed by atoms with Crippen LogP contribution in [-0.4, -0.2) is 31.0 Å². The van der Waals surface area contributed by atoms with Crippen LogP contribution in [0.15, 0.2) is 83.8 Å². The number of carbonyl (C=O) groups is 1. The van der Waals surface area contributed by atoms with Crippen LogP contribution in [-0.2, 0) is 20.9 Å². The maximum Gasteiger partial charge on any atom is 0.183 e. The number of rotatable bonds is 8. The van der Waals surface area contributed by atoms with Gasteiger partial charge >= 0.3 is 0 Å². The summed E-state index contributed by atoms with van der Waals surface area (Å²) in [5.74, 6) is 0. The Hall–Kier alpha value is -2.64. The molecule has 6 heteroatoms. The first kappa shape index (κ1) is 24.0. The number of para-hydroxylation sites is 1. The summed E-state index contributed by atoms with van der Waals surface area (Å²) < 4.78 is 7.87. The van der Waals surface area contributed by atoms with Gasteiger partial charge in [0.05, 0.1) is 5.69 Å². The molecule has 0 aliphatic carbocycles. The molecule has 3 aromatic carbocycles. The molecule has 4 rings (SSSR count). The van der Waals surface area contributed by atoms with E-state index in [0.717, 1.165) is 43.0 Å². The number of anilines is 1. The van der Waals surface area contributed by atoms with Crippen molar-refractivity contribution >= 4 is 24.4 Å². The predicted molar refractivity (Wildman–Crippen MR) is 131 cm³/mol. The van der Waals surface area contributed by atoms with Gasteiger partial charge in [0.15, 0.2) is 6.29 Å². The Morgan fingerprint density at radius 2 is 1.66 bits per heavy atom. The van der Waals surface area contributed by atoms with Crippen LogP contribution < -0.4 is 5.48 Å². The number of ether oxygens (including phenoxy) is 1. The lowest BCUT2D eigenvalue weighted by atomic mass is 10.0. The van der Waals surface area contributed by atoms with Crippen molar-refractivity contribution in [3.05, 3.63) is 84.4 Å². The SMILES string of the molecule is C=O.CN(Cc1ccc(-c2ccccc2)cc1)Sc1ccccc1NOC1CCCCO1. The van der Waals surface area contributed by atoms with Crippen LogP contribution >= 0.6 is 11.9 Å². The molecule has 0 bridgehead atoms. The first-order valence-electron chi connectivity index (χ1n) is 10.7. The normalized spacial score (nSPS) is 15.6. The maximum atomic E-state index is 8.00. The largest absolute Gasteiger partial charge is 0.350 e. The molecule has 1 heterocycles. The zero-order valence-electron chi connectivity index (χ0n) is 18.4. The lowest BCUT2D eigenvalue weighted by Gasteiger charge is -2.24. The highest BCUT2D eigenvalue weighted by molar-refractivity contribution is 7.97. The van der Waals surface area contributed by atoms with Crippen LogP contribution in [0.2, 0.25) is 0 Å². The summed E-state index contributed by atoms with van der Waals surface area (Å²) >= 11 is 1.70. The van der Waals surface area contributed by atoms with E-state index in [1.54, 1.807) is 11.9 Å². The van der Waals surface area contributed by atoms with E-state index in [1.807, 2.05) is 31.1 Å². The van der Waals surface area contributed by atoms with E-state index in [-0.39, 0.29) is 6.29 Å². The predicted octanol–water partition coefficient (Wildman–Crippen LogP) is 6.18. The zero-order valence-corrected chi connectivity index (χ0v) is 19.2. The van der Waals surface area contributed by atoms with Gasteiger partial charge in [0.25, 0.3) is 0 Å². The number of nitrogens with one attached hydrogen (secondary N) is 1. The van der Waals surface area contributed by atoms with Crippen LogP contribution in [0.25, 0.3) is 11.1 Å². The smallest absolute Gasteiger partial charge is 0.183 e. The lowest BCUT2D eigenvalue weighted by Crippen LogP contribution is -2.25. The van der Waals surface area contributed by atoms with E-state index in [0.29, 0.717) is 0 Å². The summed E-state index contributed by atoms with van der Waals surface area (Å²) in [6, 6.07) is 27.5. The Morgan fingerprint density at radius 1 is 0.969 bits per heavy atom. The molecule has 1 aliphatic heterocycles. The van der Waals surface area contributed by atoms with Crippen molar-refractivity contribution in [2.75, 3.05) is 19.1 Å². The standard InChI is InChI=1S/C25H28N2O2S.CH2O/c1-27(19-20-14-16-22(17-15-20)21-9-3-2-4-10-21)30-24-12-6-5-11-23(24)26-29-25-13-7-8-18-28-25;1-2/h2-6,9-12,14-17,25-26H,7-8,13,18-19H2,1H3;1H2. The third kappa shape index (κ3) is 7.21. The van der Waals surface area contributed by atoms with Crippen molar-refractivity contribution < 1.29 is 14.4 Å². The molecule has 0 radical (unpaired) electrons. The Morgan fingerprint density at radius 3 is 2.38 bits per heavy atom. The number of nitrogens with zero attached hydrogens (tertiary/aromatic N) is 1. The van der Waals surface area contributed by atoms with Gasteiger partial charge in [-0.05, 0) is 60.7 Å². The summed E-state index contributed by atoms with van der Waals surface area (Å²) in [6.07, 6.45) is 3.02. The summed E-state index contributed by atoms with van der Waals surface area (Å²) in [6.45, 7) is 3.62. The molecule has 1 atom stereocenters. The molecule has 1 saturated heterocycles. The molecular formula is C26H30N2O3S. The zero-order chi connectivity index (χ0) is 22.6. The minimum Gasteiger partial charge on any atom is -0.350 e. The van der Waals surface area contributed by atoms with Gasteiger partial charge in [-0.2, -0.15) is 0 Å².